The number of aryl methyl sites for hydroxylation is 1. The number of hydrogen-bond donors (Lipinski definition) is 1. The molecule has 2 rings (SSSR count). The highest BCUT2D eigenvalue weighted by molar-refractivity contribution is 9.10. The minimum Gasteiger partial charge on any atom is -0.436 e. The van der Waals surface area contributed by atoms with E-state index in [-0.39, 0.29) is 5.95 Å². The van der Waals surface area contributed by atoms with E-state index in [4.69, 9.17) is 33.7 Å². The predicted molar refractivity (Wildman–Crippen MR) is 84.7 cm³/mol. The third-order valence-electron chi connectivity index (χ3n) is 2.49. The fraction of sp³-hybridized carbons (Fsp3) is 0.231. The number of aromatic nitrogens is 2. The van der Waals surface area contributed by atoms with E-state index in [9.17, 15) is 0 Å². The van der Waals surface area contributed by atoms with Crippen molar-refractivity contribution in [3.8, 4) is 11.6 Å². The second-order valence-corrected chi connectivity index (χ2v) is 5.71. The Balaban J connectivity index is 2.37. The van der Waals surface area contributed by atoms with Crippen LogP contribution in [0.25, 0.3) is 0 Å². The molecule has 1 aromatic carbocycles. The van der Waals surface area contributed by atoms with Crippen LogP contribution in [0.2, 0.25) is 10.0 Å². The van der Waals surface area contributed by atoms with Gasteiger partial charge in [0.15, 0.2) is 0 Å². The summed E-state index contributed by atoms with van der Waals surface area (Å²) < 4.78 is 6.37. The van der Waals surface area contributed by atoms with Crippen LogP contribution in [-0.2, 0) is 6.42 Å². The van der Waals surface area contributed by atoms with Crippen molar-refractivity contribution in [1.82, 2.24) is 9.97 Å². The van der Waals surface area contributed by atoms with Gasteiger partial charge >= 0.3 is 0 Å². The minimum atomic E-state index is 0.164. The average Bonchev–Trinajstić information content (AvgIpc) is 2.38. The maximum atomic E-state index is 6.07. The average molecular weight is 377 g/mol. The second-order valence-electron chi connectivity index (χ2n) is 4.07. The van der Waals surface area contributed by atoms with Gasteiger partial charge in [0, 0.05) is 5.02 Å². The second kappa shape index (κ2) is 6.61. The van der Waals surface area contributed by atoms with Crippen molar-refractivity contribution in [3.63, 3.8) is 0 Å². The molecular formula is C13H12BrCl2N3O. The Morgan fingerprint density at radius 3 is 2.70 bits per heavy atom. The van der Waals surface area contributed by atoms with Crippen LogP contribution in [0.1, 0.15) is 19.0 Å². The lowest BCUT2D eigenvalue weighted by atomic mass is 10.2. The van der Waals surface area contributed by atoms with Crippen LogP contribution in [0.3, 0.4) is 0 Å². The molecule has 1 heterocycles. The lowest BCUT2D eigenvalue weighted by Gasteiger charge is -2.11. The molecule has 0 saturated heterocycles. The molecule has 7 heteroatoms. The van der Waals surface area contributed by atoms with Gasteiger partial charge in [-0.25, -0.2) is 4.98 Å². The molecule has 0 bridgehead atoms. The quantitative estimate of drug-likeness (QED) is 0.826. The highest BCUT2D eigenvalue weighted by atomic mass is 79.9. The molecule has 0 fully saturated rings. The van der Waals surface area contributed by atoms with Crippen molar-refractivity contribution in [2.75, 3.05) is 5.73 Å². The van der Waals surface area contributed by atoms with E-state index in [1.807, 2.05) is 0 Å². The van der Waals surface area contributed by atoms with Gasteiger partial charge in [-0.2, -0.15) is 4.98 Å². The first kappa shape index (κ1) is 15.4. The smallest absolute Gasteiger partial charge is 0.238 e. The number of hydrogen-bond acceptors (Lipinski definition) is 4. The Morgan fingerprint density at radius 2 is 2.05 bits per heavy atom. The number of halogens is 3. The van der Waals surface area contributed by atoms with Crippen LogP contribution in [0.15, 0.2) is 22.7 Å². The summed E-state index contributed by atoms with van der Waals surface area (Å²) in [4.78, 5) is 8.27. The van der Waals surface area contributed by atoms with Crippen LogP contribution in [0, 0.1) is 0 Å². The normalized spacial score (nSPS) is 10.6. The summed E-state index contributed by atoms with van der Waals surface area (Å²) in [6, 6.07) is 4.97. The molecule has 20 heavy (non-hydrogen) atoms. The maximum absolute atomic E-state index is 6.07. The first-order valence-corrected chi connectivity index (χ1v) is 7.51. The number of benzene rings is 1. The molecule has 2 N–H and O–H groups in total. The van der Waals surface area contributed by atoms with E-state index in [1.54, 1.807) is 18.2 Å². The topological polar surface area (TPSA) is 61.0 Å². The molecule has 0 atom stereocenters. The van der Waals surface area contributed by atoms with Crippen LogP contribution in [-0.4, -0.2) is 9.97 Å². The molecule has 0 radical (unpaired) electrons. The summed E-state index contributed by atoms with van der Waals surface area (Å²) in [7, 11) is 0. The van der Waals surface area contributed by atoms with E-state index in [0.717, 1.165) is 18.5 Å². The lowest BCUT2D eigenvalue weighted by molar-refractivity contribution is 0.458. The Morgan fingerprint density at radius 1 is 1.30 bits per heavy atom. The standard InChI is InChI=1S/C13H12BrCl2N3O/c1-2-3-9-11(14)12(19-13(17)18-9)20-10-5-4-7(15)6-8(10)16/h4-6H,2-3H2,1H3,(H2,17,18,19). The molecule has 1 aromatic heterocycles. The largest absolute Gasteiger partial charge is 0.436 e. The van der Waals surface area contributed by atoms with Gasteiger partial charge in [-0.3, -0.25) is 0 Å². The van der Waals surface area contributed by atoms with E-state index in [0.29, 0.717) is 26.1 Å². The zero-order chi connectivity index (χ0) is 14.7. The van der Waals surface area contributed by atoms with Crippen molar-refractivity contribution in [1.29, 1.82) is 0 Å². The summed E-state index contributed by atoms with van der Waals surface area (Å²) in [5.41, 5.74) is 6.50. The first-order chi connectivity index (χ1) is 9.51. The van der Waals surface area contributed by atoms with Gasteiger partial charge in [0.1, 0.15) is 10.2 Å². The van der Waals surface area contributed by atoms with Crippen LogP contribution < -0.4 is 10.5 Å². The number of nitrogen functional groups attached to an aromatic ring is 1. The molecule has 4 nitrogen and oxygen atoms in total. The van der Waals surface area contributed by atoms with Crippen molar-refractivity contribution < 1.29 is 4.74 Å². The molecule has 106 valence electrons. The first-order valence-electron chi connectivity index (χ1n) is 5.96. The highest BCUT2D eigenvalue weighted by Gasteiger charge is 2.14. The Hall–Kier alpha value is -1.04. The number of nitrogens with zero attached hydrogens (tertiary/aromatic N) is 2. The number of nitrogens with two attached hydrogens (primary N) is 1. The third kappa shape index (κ3) is 3.53. The Labute approximate surface area is 135 Å². The Kier molecular flexibility index (Phi) is 5.07. The SMILES string of the molecule is CCCc1nc(N)nc(Oc2ccc(Cl)cc2Cl)c1Br. The molecule has 0 unspecified atom stereocenters. The van der Waals surface area contributed by atoms with Crippen molar-refractivity contribution in [2.45, 2.75) is 19.8 Å². The van der Waals surface area contributed by atoms with Crippen molar-refractivity contribution in [2.24, 2.45) is 0 Å². The highest BCUT2D eigenvalue weighted by Crippen LogP contribution is 2.35. The number of rotatable bonds is 4. The molecule has 0 aliphatic heterocycles. The van der Waals surface area contributed by atoms with E-state index in [2.05, 4.69) is 32.8 Å². The molecule has 2 aromatic rings. The van der Waals surface area contributed by atoms with Gasteiger partial charge in [-0.05, 0) is 40.5 Å². The zero-order valence-electron chi connectivity index (χ0n) is 10.7. The fourth-order valence-corrected chi connectivity index (χ4v) is 2.52. The third-order valence-corrected chi connectivity index (χ3v) is 3.82. The number of ether oxygens (including phenoxy) is 1. The zero-order valence-corrected chi connectivity index (χ0v) is 13.8. The monoisotopic (exact) mass is 375 g/mol. The van der Waals surface area contributed by atoms with E-state index in [1.165, 1.54) is 0 Å². The summed E-state index contributed by atoms with van der Waals surface area (Å²) >= 11 is 15.4. The Bertz CT molecular complexity index is 637. The maximum Gasteiger partial charge on any atom is 0.238 e. The van der Waals surface area contributed by atoms with E-state index >= 15 is 0 Å². The van der Waals surface area contributed by atoms with Gasteiger partial charge in [0.05, 0.1) is 10.7 Å². The van der Waals surface area contributed by atoms with Gasteiger partial charge in [0.2, 0.25) is 11.8 Å². The van der Waals surface area contributed by atoms with Crippen LogP contribution >= 0.6 is 39.1 Å². The summed E-state index contributed by atoms with van der Waals surface area (Å²) in [5, 5.41) is 0.939. The number of anilines is 1. The van der Waals surface area contributed by atoms with Gasteiger partial charge in [-0.15, -0.1) is 0 Å². The fourth-order valence-electron chi connectivity index (χ4n) is 1.62. The summed E-state index contributed by atoms with van der Waals surface area (Å²) in [6.07, 6.45) is 1.72. The van der Waals surface area contributed by atoms with Crippen molar-refractivity contribution >= 4 is 45.1 Å². The predicted octanol–water partition coefficient (Wildman–Crippen LogP) is 4.87. The van der Waals surface area contributed by atoms with Gasteiger partial charge in [-0.1, -0.05) is 36.5 Å². The molecular weight excluding hydrogens is 365 g/mol. The lowest BCUT2D eigenvalue weighted by Crippen LogP contribution is -2.03. The molecule has 0 aliphatic rings. The van der Waals surface area contributed by atoms with Crippen molar-refractivity contribution in [3.05, 3.63) is 38.4 Å². The van der Waals surface area contributed by atoms with E-state index < -0.39 is 0 Å². The molecule has 0 aliphatic carbocycles. The molecule has 0 saturated carbocycles. The van der Waals surface area contributed by atoms with Gasteiger partial charge < -0.3 is 10.5 Å². The minimum absolute atomic E-state index is 0.164. The summed E-state index contributed by atoms with van der Waals surface area (Å²) in [6.45, 7) is 2.06. The molecule has 0 spiro atoms. The molecule has 0 amide bonds. The van der Waals surface area contributed by atoms with Gasteiger partial charge in [0.25, 0.3) is 0 Å². The summed E-state index contributed by atoms with van der Waals surface area (Å²) in [5.74, 6) is 0.958. The van der Waals surface area contributed by atoms with Crippen LogP contribution in [0.4, 0.5) is 5.95 Å². The van der Waals surface area contributed by atoms with Crippen LogP contribution in [0.5, 0.6) is 11.6 Å².